The molecule has 0 fully saturated rings. The molecule has 32 valence electrons. The molecule has 0 rings (SSSR count). The molecule has 1 unspecified atom stereocenters. The second-order valence-electron chi connectivity index (χ2n) is 0.735. The second kappa shape index (κ2) is 2.14. The fourth-order valence-corrected chi connectivity index (χ4v) is 0. The zero-order valence-corrected chi connectivity index (χ0v) is 3.01. The highest BCUT2D eigenvalue weighted by atomic mass is 16.7. The lowest BCUT2D eigenvalue weighted by Gasteiger charge is -1.93. The van der Waals surface area contributed by atoms with Gasteiger partial charge in [-0.3, -0.25) is 4.84 Å². The molecule has 0 saturated heterocycles. The quantitative estimate of drug-likeness (QED) is 0.318. The Labute approximate surface area is 30.3 Å². The van der Waals surface area contributed by atoms with Crippen molar-refractivity contribution in [2.75, 3.05) is 0 Å². The summed E-state index contributed by atoms with van der Waals surface area (Å²) in [5.74, 6) is 4.42. The molecule has 0 radical (unpaired) electrons. The summed E-state index contributed by atoms with van der Waals surface area (Å²) in [5, 5.41) is 8.01. The van der Waals surface area contributed by atoms with Crippen molar-refractivity contribution in [3.8, 4) is 0 Å². The summed E-state index contributed by atoms with van der Waals surface area (Å²) in [5.41, 5.74) is 0. The largest absolute Gasteiger partial charge is 0.367 e. The van der Waals surface area contributed by atoms with Gasteiger partial charge in [0.1, 0.15) is 0 Å². The molecular weight excluding hydrogens is 70.0 g/mol. The minimum atomic E-state index is -0.838. The van der Waals surface area contributed by atoms with Gasteiger partial charge < -0.3 is 5.11 Å². The fraction of sp³-hybridized carbons (Fsp3) is 1.00. The van der Waals surface area contributed by atoms with Crippen LogP contribution in [0.25, 0.3) is 0 Å². The standard InChI is InChI=1S/C2H7NO2/c1-2(4)5-3/h2,4H,3H2,1H3. The first-order chi connectivity index (χ1) is 2.27. The van der Waals surface area contributed by atoms with Crippen LogP contribution in [0.4, 0.5) is 0 Å². The number of hydrogen-bond acceptors (Lipinski definition) is 3. The van der Waals surface area contributed by atoms with Crippen molar-refractivity contribution in [1.82, 2.24) is 0 Å². The van der Waals surface area contributed by atoms with Crippen LogP contribution >= 0.6 is 0 Å². The lowest BCUT2D eigenvalue weighted by Crippen LogP contribution is -2.10. The number of hydrogen-bond donors (Lipinski definition) is 2. The molecule has 0 heterocycles. The van der Waals surface area contributed by atoms with E-state index in [0.29, 0.717) is 0 Å². The molecule has 0 saturated carbocycles. The molecule has 0 spiro atoms. The molecule has 0 bridgehead atoms. The van der Waals surface area contributed by atoms with E-state index in [2.05, 4.69) is 10.7 Å². The highest BCUT2D eigenvalue weighted by Crippen LogP contribution is 1.68. The first-order valence-corrected chi connectivity index (χ1v) is 1.31. The predicted octanol–water partition coefficient (Wildman–Crippen LogP) is -0.785. The molecule has 0 aliphatic heterocycles. The molecule has 0 aromatic carbocycles. The van der Waals surface area contributed by atoms with E-state index in [0.717, 1.165) is 0 Å². The third-order valence-corrected chi connectivity index (χ3v) is 0.197. The van der Waals surface area contributed by atoms with Crippen molar-refractivity contribution in [1.29, 1.82) is 0 Å². The molecule has 0 aromatic rings. The zero-order chi connectivity index (χ0) is 4.28. The lowest BCUT2D eigenvalue weighted by molar-refractivity contribution is -0.0874. The summed E-state index contributed by atoms with van der Waals surface area (Å²) in [4.78, 5) is 3.81. The highest BCUT2D eigenvalue weighted by Gasteiger charge is 1.81. The Bertz CT molecular complexity index is 21.6. The third kappa shape index (κ3) is 3.88. The molecule has 0 aliphatic carbocycles. The summed E-state index contributed by atoms with van der Waals surface area (Å²) < 4.78 is 0. The summed E-state index contributed by atoms with van der Waals surface area (Å²) in [6.07, 6.45) is -0.838. The molecule has 0 aliphatic rings. The number of aliphatic hydroxyl groups excluding tert-OH is 1. The lowest BCUT2D eigenvalue weighted by atomic mass is 10.8. The average molecular weight is 77.1 g/mol. The molecule has 0 aromatic heterocycles. The van der Waals surface area contributed by atoms with E-state index in [1.807, 2.05) is 0 Å². The van der Waals surface area contributed by atoms with Crippen LogP contribution in [0.5, 0.6) is 0 Å². The molecule has 3 heteroatoms. The third-order valence-electron chi connectivity index (χ3n) is 0.197. The van der Waals surface area contributed by atoms with Gasteiger partial charge in [0.15, 0.2) is 6.29 Å². The Morgan fingerprint density at radius 3 is 2.20 bits per heavy atom. The Hall–Kier alpha value is -0.120. The average Bonchev–Trinajstić information content (AvgIpc) is 1.38. The van der Waals surface area contributed by atoms with E-state index in [9.17, 15) is 0 Å². The van der Waals surface area contributed by atoms with Gasteiger partial charge in [-0.15, -0.1) is 0 Å². The summed E-state index contributed by atoms with van der Waals surface area (Å²) >= 11 is 0. The van der Waals surface area contributed by atoms with Crippen molar-refractivity contribution < 1.29 is 9.94 Å². The Balaban J connectivity index is 2.54. The van der Waals surface area contributed by atoms with Crippen molar-refractivity contribution >= 4 is 0 Å². The molecular formula is C2H7NO2. The number of aliphatic hydroxyl groups is 1. The predicted molar refractivity (Wildman–Crippen MR) is 17.0 cm³/mol. The Morgan fingerprint density at radius 2 is 2.20 bits per heavy atom. The van der Waals surface area contributed by atoms with Gasteiger partial charge in [-0.25, -0.2) is 5.90 Å². The van der Waals surface area contributed by atoms with E-state index in [1.165, 1.54) is 6.92 Å². The maximum Gasteiger partial charge on any atom is 0.171 e. The topological polar surface area (TPSA) is 55.5 Å². The van der Waals surface area contributed by atoms with Gasteiger partial charge in [0.2, 0.25) is 0 Å². The number of rotatable bonds is 1. The minimum absolute atomic E-state index is 0.838. The van der Waals surface area contributed by atoms with Gasteiger partial charge in [0.25, 0.3) is 0 Å². The van der Waals surface area contributed by atoms with Crippen LogP contribution in [0.3, 0.4) is 0 Å². The van der Waals surface area contributed by atoms with Crippen LogP contribution in [0.15, 0.2) is 0 Å². The molecule has 3 nitrogen and oxygen atoms in total. The molecule has 0 amide bonds. The highest BCUT2D eigenvalue weighted by molar-refractivity contribution is 4.08. The van der Waals surface area contributed by atoms with Gasteiger partial charge >= 0.3 is 0 Å². The van der Waals surface area contributed by atoms with Gasteiger partial charge in [-0.2, -0.15) is 0 Å². The van der Waals surface area contributed by atoms with Crippen molar-refractivity contribution in [2.45, 2.75) is 13.2 Å². The van der Waals surface area contributed by atoms with Gasteiger partial charge in [0, 0.05) is 0 Å². The summed E-state index contributed by atoms with van der Waals surface area (Å²) in [7, 11) is 0. The fourth-order valence-electron chi connectivity index (χ4n) is 0. The Morgan fingerprint density at radius 1 is 2.00 bits per heavy atom. The van der Waals surface area contributed by atoms with E-state index < -0.39 is 6.29 Å². The zero-order valence-electron chi connectivity index (χ0n) is 3.01. The smallest absolute Gasteiger partial charge is 0.171 e. The second-order valence-corrected chi connectivity index (χ2v) is 0.735. The monoisotopic (exact) mass is 77.0 g/mol. The number of nitrogens with two attached hydrogens (primary N) is 1. The van der Waals surface area contributed by atoms with Crippen molar-refractivity contribution in [3.63, 3.8) is 0 Å². The van der Waals surface area contributed by atoms with E-state index in [1.54, 1.807) is 0 Å². The van der Waals surface area contributed by atoms with Crippen LogP contribution in [0.2, 0.25) is 0 Å². The molecule has 5 heavy (non-hydrogen) atoms. The first kappa shape index (κ1) is 4.88. The van der Waals surface area contributed by atoms with Gasteiger partial charge in [-0.1, -0.05) is 0 Å². The van der Waals surface area contributed by atoms with Crippen LogP contribution in [0, 0.1) is 0 Å². The van der Waals surface area contributed by atoms with E-state index in [-0.39, 0.29) is 0 Å². The first-order valence-electron chi connectivity index (χ1n) is 1.31. The Kier molecular flexibility index (Phi) is 2.09. The van der Waals surface area contributed by atoms with Crippen molar-refractivity contribution in [2.24, 2.45) is 5.90 Å². The van der Waals surface area contributed by atoms with Gasteiger partial charge in [-0.05, 0) is 6.92 Å². The SMILES string of the molecule is CC(O)ON. The summed E-state index contributed by atoms with van der Waals surface area (Å²) in [6.45, 7) is 1.43. The van der Waals surface area contributed by atoms with E-state index in [4.69, 9.17) is 5.11 Å². The molecule has 3 N–H and O–H groups in total. The van der Waals surface area contributed by atoms with Crippen LogP contribution in [-0.2, 0) is 4.84 Å². The maximum absolute atomic E-state index is 8.01. The summed E-state index contributed by atoms with van der Waals surface area (Å²) in [6, 6.07) is 0. The van der Waals surface area contributed by atoms with E-state index >= 15 is 0 Å². The minimum Gasteiger partial charge on any atom is -0.367 e. The van der Waals surface area contributed by atoms with Crippen LogP contribution in [-0.4, -0.2) is 11.4 Å². The van der Waals surface area contributed by atoms with Crippen LogP contribution < -0.4 is 5.90 Å². The normalized spacial score (nSPS) is 15.0. The maximum atomic E-state index is 8.01. The molecule has 1 atom stereocenters. The van der Waals surface area contributed by atoms with Crippen LogP contribution in [0.1, 0.15) is 6.92 Å². The van der Waals surface area contributed by atoms with Crippen molar-refractivity contribution in [3.05, 3.63) is 0 Å². The van der Waals surface area contributed by atoms with Gasteiger partial charge in [0.05, 0.1) is 0 Å².